The van der Waals surface area contributed by atoms with Crippen LogP contribution in [0.2, 0.25) is 0 Å². The molecular weight excluding hydrogens is 544 g/mol. The number of amides is 1. The number of ketones is 1. The Balaban J connectivity index is 1.86. The maximum Gasteiger partial charge on any atom is 0.350 e. The molecule has 0 bridgehead atoms. The largest absolute Gasteiger partial charge is 0.507 e. The SMILES string of the molecule is C=CCOc1ccc([C@H]2C(=C(O)c3ccc(OCCC)cc3C)C(=O)C(=O)N2c2nc(C)c(C(=O)OCC)s2)cc1. The molecular formula is C31H32N2O7S. The number of aliphatic hydroxyl groups excluding tert-OH is 1. The molecule has 4 rings (SSSR count). The fourth-order valence-corrected chi connectivity index (χ4v) is 5.46. The molecule has 0 spiro atoms. The number of benzene rings is 2. The number of hydrogen-bond acceptors (Lipinski definition) is 9. The molecule has 1 atom stereocenters. The standard InChI is InChI=1S/C31H32N2O7S/c1-6-15-39-21-11-9-20(10-12-21)25-24(26(34)23-14-13-22(17-18(23)4)40-16-7-2)27(35)29(36)33(25)31-32-19(5)28(41-31)30(37)38-8-3/h6,9-14,17,25,34H,1,7-8,15-16H2,2-5H3/t25-/m0/s1. The normalized spacial score (nSPS) is 16.1. The molecule has 10 heteroatoms. The fourth-order valence-electron chi connectivity index (χ4n) is 4.47. The van der Waals surface area contributed by atoms with Crippen LogP contribution in [0.4, 0.5) is 5.13 Å². The monoisotopic (exact) mass is 576 g/mol. The predicted octanol–water partition coefficient (Wildman–Crippen LogP) is 5.92. The van der Waals surface area contributed by atoms with E-state index in [-0.39, 0.29) is 27.9 Å². The van der Waals surface area contributed by atoms with Crippen molar-refractivity contribution >= 4 is 39.9 Å². The number of esters is 1. The van der Waals surface area contributed by atoms with Crippen molar-refractivity contribution in [1.82, 2.24) is 4.98 Å². The van der Waals surface area contributed by atoms with E-state index in [4.69, 9.17) is 14.2 Å². The van der Waals surface area contributed by atoms with E-state index in [1.807, 2.05) is 6.92 Å². The van der Waals surface area contributed by atoms with E-state index in [0.29, 0.717) is 47.1 Å². The zero-order valence-corrected chi connectivity index (χ0v) is 24.2. The van der Waals surface area contributed by atoms with Gasteiger partial charge in [-0.25, -0.2) is 9.78 Å². The molecule has 1 fully saturated rings. The van der Waals surface area contributed by atoms with Crippen LogP contribution in [0.3, 0.4) is 0 Å². The highest BCUT2D eigenvalue weighted by atomic mass is 32.1. The first-order valence-corrected chi connectivity index (χ1v) is 14.1. The van der Waals surface area contributed by atoms with Gasteiger partial charge in [0.15, 0.2) is 5.13 Å². The second-order valence-corrected chi connectivity index (χ2v) is 10.3. The van der Waals surface area contributed by atoms with Gasteiger partial charge in [-0.2, -0.15) is 0 Å². The third kappa shape index (κ3) is 6.02. The summed E-state index contributed by atoms with van der Waals surface area (Å²) < 4.78 is 16.4. The third-order valence-electron chi connectivity index (χ3n) is 6.39. The van der Waals surface area contributed by atoms with Crippen LogP contribution in [0.25, 0.3) is 5.76 Å². The summed E-state index contributed by atoms with van der Waals surface area (Å²) in [5.74, 6) is -1.41. The van der Waals surface area contributed by atoms with Gasteiger partial charge < -0.3 is 19.3 Å². The molecule has 1 amide bonds. The van der Waals surface area contributed by atoms with Crippen LogP contribution in [-0.4, -0.2) is 47.6 Å². The number of rotatable bonds is 11. The minimum atomic E-state index is -1.01. The third-order valence-corrected chi connectivity index (χ3v) is 7.52. The first-order valence-electron chi connectivity index (χ1n) is 13.2. The Morgan fingerprint density at radius 3 is 2.44 bits per heavy atom. The zero-order chi connectivity index (χ0) is 29.7. The Labute approximate surface area is 242 Å². The van der Waals surface area contributed by atoms with Crippen LogP contribution >= 0.6 is 11.3 Å². The van der Waals surface area contributed by atoms with Crippen molar-refractivity contribution in [2.24, 2.45) is 0 Å². The average molecular weight is 577 g/mol. The fraction of sp³-hybridized carbons (Fsp3) is 0.290. The van der Waals surface area contributed by atoms with Crippen molar-refractivity contribution in [1.29, 1.82) is 0 Å². The van der Waals surface area contributed by atoms with Crippen molar-refractivity contribution in [3.63, 3.8) is 0 Å². The van der Waals surface area contributed by atoms with Crippen LogP contribution in [0.15, 0.2) is 60.7 Å². The Morgan fingerprint density at radius 2 is 1.80 bits per heavy atom. The summed E-state index contributed by atoms with van der Waals surface area (Å²) >= 11 is 0.956. The summed E-state index contributed by atoms with van der Waals surface area (Å²) in [5, 5.41) is 11.7. The highest BCUT2D eigenvalue weighted by molar-refractivity contribution is 7.17. The number of ether oxygens (including phenoxy) is 3. The summed E-state index contributed by atoms with van der Waals surface area (Å²) in [6.45, 7) is 11.8. The second kappa shape index (κ2) is 12.8. The van der Waals surface area contributed by atoms with Crippen LogP contribution < -0.4 is 14.4 Å². The molecule has 41 heavy (non-hydrogen) atoms. The van der Waals surface area contributed by atoms with Crippen LogP contribution in [-0.2, 0) is 14.3 Å². The van der Waals surface area contributed by atoms with Crippen molar-refractivity contribution in [2.45, 2.75) is 40.2 Å². The smallest absolute Gasteiger partial charge is 0.350 e. The number of aromatic nitrogens is 1. The topological polar surface area (TPSA) is 115 Å². The van der Waals surface area contributed by atoms with Gasteiger partial charge in [-0.1, -0.05) is 43.0 Å². The molecule has 1 aliphatic rings. The molecule has 3 aromatic rings. The summed E-state index contributed by atoms with van der Waals surface area (Å²) in [7, 11) is 0. The van der Waals surface area contributed by atoms with Gasteiger partial charge in [-0.05, 0) is 68.7 Å². The maximum absolute atomic E-state index is 13.6. The number of Topliss-reactive ketones (excluding diaryl/α,β-unsaturated/α-hetero) is 1. The molecule has 0 aliphatic carbocycles. The van der Waals surface area contributed by atoms with E-state index < -0.39 is 23.7 Å². The molecule has 0 unspecified atom stereocenters. The molecule has 2 heterocycles. The summed E-state index contributed by atoms with van der Waals surface area (Å²) in [6, 6.07) is 11.0. The lowest BCUT2D eigenvalue weighted by molar-refractivity contribution is -0.132. The number of carbonyl (C=O) groups excluding carboxylic acids is 3. The lowest BCUT2D eigenvalue weighted by Crippen LogP contribution is -2.29. The molecule has 0 radical (unpaired) electrons. The number of aliphatic hydroxyl groups is 1. The Morgan fingerprint density at radius 1 is 1.10 bits per heavy atom. The molecule has 9 nitrogen and oxygen atoms in total. The summed E-state index contributed by atoms with van der Waals surface area (Å²) in [4.78, 5) is 45.5. The Hall–Kier alpha value is -4.44. The van der Waals surface area contributed by atoms with E-state index in [1.165, 1.54) is 4.90 Å². The van der Waals surface area contributed by atoms with Crippen LogP contribution in [0.5, 0.6) is 11.5 Å². The number of anilines is 1. The van der Waals surface area contributed by atoms with Crippen LogP contribution in [0.1, 0.15) is 58.4 Å². The summed E-state index contributed by atoms with van der Waals surface area (Å²) in [5.41, 5.74) is 1.89. The van der Waals surface area contributed by atoms with Gasteiger partial charge in [-0.15, -0.1) is 0 Å². The van der Waals surface area contributed by atoms with Crippen molar-refractivity contribution in [2.75, 3.05) is 24.7 Å². The van der Waals surface area contributed by atoms with Gasteiger partial charge >= 0.3 is 11.9 Å². The molecule has 1 saturated heterocycles. The van der Waals surface area contributed by atoms with E-state index in [1.54, 1.807) is 69.3 Å². The molecule has 214 valence electrons. The molecule has 2 aromatic carbocycles. The number of thiazole rings is 1. The maximum atomic E-state index is 13.6. The Bertz CT molecular complexity index is 1510. The van der Waals surface area contributed by atoms with Gasteiger partial charge in [0, 0.05) is 5.56 Å². The zero-order valence-electron chi connectivity index (χ0n) is 23.4. The minimum absolute atomic E-state index is 0.0920. The molecule has 1 aromatic heterocycles. The lowest BCUT2D eigenvalue weighted by Gasteiger charge is -2.23. The molecule has 0 saturated carbocycles. The van der Waals surface area contributed by atoms with Crippen molar-refractivity contribution in [3.8, 4) is 11.5 Å². The highest BCUT2D eigenvalue weighted by Gasteiger charge is 2.48. The first-order chi connectivity index (χ1) is 19.7. The van der Waals surface area contributed by atoms with Gasteiger partial charge in [-0.3, -0.25) is 14.5 Å². The highest BCUT2D eigenvalue weighted by Crippen LogP contribution is 2.44. The average Bonchev–Trinajstić information content (AvgIpc) is 3.47. The quantitative estimate of drug-likeness (QED) is 0.0984. The van der Waals surface area contributed by atoms with E-state index in [9.17, 15) is 19.5 Å². The van der Waals surface area contributed by atoms with Crippen molar-refractivity contribution < 1.29 is 33.7 Å². The Kier molecular flexibility index (Phi) is 9.24. The number of aryl methyl sites for hydroxylation is 2. The van der Waals surface area contributed by atoms with E-state index >= 15 is 0 Å². The van der Waals surface area contributed by atoms with Crippen LogP contribution in [0, 0.1) is 13.8 Å². The van der Waals surface area contributed by atoms with Gasteiger partial charge in [0.2, 0.25) is 0 Å². The predicted molar refractivity (Wildman–Crippen MR) is 157 cm³/mol. The second-order valence-electron chi connectivity index (χ2n) is 9.29. The van der Waals surface area contributed by atoms with Crippen molar-refractivity contribution in [3.05, 3.63) is 88.0 Å². The summed E-state index contributed by atoms with van der Waals surface area (Å²) in [6.07, 6.45) is 2.46. The molecule has 1 aliphatic heterocycles. The number of carbonyl (C=O) groups is 3. The van der Waals surface area contributed by atoms with E-state index in [0.717, 1.165) is 17.8 Å². The first kappa shape index (κ1) is 29.5. The van der Waals surface area contributed by atoms with Gasteiger partial charge in [0.1, 0.15) is 28.7 Å². The van der Waals surface area contributed by atoms with Gasteiger partial charge in [0.25, 0.3) is 5.78 Å². The molecule has 1 N–H and O–H groups in total. The van der Waals surface area contributed by atoms with Gasteiger partial charge in [0.05, 0.1) is 30.5 Å². The number of nitrogens with zero attached hydrogens (tertiary/aromatic N) is 2. The van der Waals surface area contributed by atoms with E-state index in [2.05, 4.69) is 11.6 Å². The minimum Gasteiger partial charge on any atom is -0.507 e. The lowest BCUT2D eigenvalue weighted by atomic mass is 9.94. The number of hydrogen-bond donors (Lipinski definition) is 1.